The summed E-state index contributed by atoms with van der Waals surface area (Å²) in [5.41, 5.74) is 3.57. The zero-order valence-corrected chi connectivity index (χ0v) is 14.9. The van der Waals surface area contributed by atoms with Gasteiger partial charge in [-0.3, -0.25) is 0 Å². The van der Waals surface area contributed by atoms with Gasteiger partial charge in [0, 0.05) is 16.0 Å². The van der Waals surface area contributed by atoms with Gasteiger partial charge < -0.3 is 0 Å². The molecule has 1 aliphatic carbocycles. The average molecular weight is 365 g/mol. The standard InChI is InChI=1S/C22H21Br/c1-2-17-3-5-18(6-4-17)7-8-19-9-11-20(12-10-19)21-13-15-22(23)16-14-21/h2,9-18H,1,3-6H2/t17-,18-. The molecule has 0 spiro atoms. The third kappa shape index (κ3) is 4.36. The van der Waals surface area contributed by atoms with Gasteiger partial charge in [-0.15, -0.1) is 6.58 Å². The SMILES string of the molecule is C=C[C@H]1CC[C@H](C#Cc2ccc(-c3ccc(Br)cc3)cc2)CC1. The topological polar surface area (TPSA) is 0 Å². The number of halogens is 1. The second kappa shape index (κ2) is 7.66. The summed E-state index contributed by atoms with van der Waals surface area (Å²) in [6.45, 7) is 3.90. The highest BCUT2D eigenvalue weighted by Gasteiger charge is 2.17. The Morgan fingerprint density at radius 2 is 1.43 bits per heavy atom. The molecule has 0 heterocycles. The average Bonchev–Trinajstić information content (AvgIpc) is 2.61. The van der Waals surface area contributed by atoms with Crippen LogP contribution in [0, 0.1) is 23.7 Å². The number of hydrogen-bond donors (Lipinski definition) is 0. The van der Waals surface area contributed by atoms with Crippen molar-refractivity contribution < 1.29 is 0 Å². The van der Waals surface area contributed by atoms with Gasteiger partial charge in [-0.1, -0.05) is 58.1 Å². The van der Waals surface area contributed by atoms with Crippen LogP contribution < -0.4 is 0 Å². The summed E-state index contributed by atoms with van der Waals surface area (Å²) < 4.78 is 1.11. The van der Waals surface area contributed by atoms with Crippen LogP contribution in [-0.4, -0.2) is 0 Å². The van der Waals surface area contributed by atoms with Crippen molar-refractivity contribution in [2.45, 2.75) is 25.7 Å². The largest absolute Gasteiger partial charge is 0.103 e. The molecule has 0 aromatic heterocycles. The summed E-state index contributed by atoms with van der Waals surface area (Å²) in [4.78, 5) is 0. The predicted molar refractivity (Wildman–Crippen MR) is 102 cm³/mol. The minimum absolute atomic E-state index is 0.553. The Bertz CT molecular complexity index is 705. The van der Waals surface area contributed by atoms with E-state index < -0.39 is 0 Å². The summed E-state index contributed by atoms with van der Waals surface area (Å²) in [5.74, 6) is 8.07. The zero-order valence-electron chi connectivity index (χ0n) is 13.3. The van der Waals surface area contributed by atoms with E-state index in [0.717, 1.165) is 10.0 Å². The molecule has 0 N–H and O–H groups in total. The molecule has 0 bridgehead atoms. The molecule has 0 unspecified atom stereocenters. The summed E-state index contributed by atoms with van der Waals surface area (Å²) in [5, 5.41) is 0. The van der Waals surface area contributed by atoms with Crippen molar-refractivity contribution in [3.05, 3.63) is 71.2 Å². The van der Waals surface area contributed by atoms with Gasteiger partial charge in [0.25, 0.3) is 0 Å². The maximum Gasteiger partial charge on any atom is 0.0245 e. The van der Waals surface area contributed by atoms with Crippen molar-refractivity contribution in [2.75, 3.05) is 0 Å². The molecule has 0 amide bonds. The maximum absolute atomic E-state index is 3.90. The van der Waals surface area contributed by atoms with E-state index in [0.29, 0.717) is 11.8 Å². The Balaban J connectivity index is 1.65. The fourth-order valence-corrected chi connectivity index (χ4v) is 3.34. The molecule has 1 fully saturated rings. The van der Waals surface area contributed by atoms with Crippen LogP contribution >= 0.6 is 15.9 Å². The van der Waals surface area contributed by atoms with Crippen LogP contribution in [0.15, 0.2) is 65.7 Å². The van der Waals surface area contributed by atoms with Crippen LogP contribution in [0.25, 0.3) is 11.1 Å². The highest BCUT2D eigenvalue weighted by molar-refractivity contribution is 9.10. The van der Waals surface area contributed by atoms with Gasteiger partial charge in [-0.25, -0.2) is 0 Å². The summed E-state index contributed by atoms with van der Waals surface area (Å²) in [6.07, 6.45) is 7.00. The fraction of sp³-hybridized carbons (Fsp3) is 0.273. The van der Waals surface area contributed by atoms with Gasteiger partial charge in [0.15, 0.2) is 0 Å². The lowest BCUT2D eigenvalue weighted by atomic mass is 9.82. The van der Waals surface area contributed by atoms with Crippen molar-refractivity contribution >= 4 is 15.9 Å². The molecule has 1 heteroatoms. The first kappa shape index (κ1) is 16.1. The lowest BCUT2D eigenvalue weighted by Gasteiger charge is -2.22. The minimum atomic E-state index is 0.553. The van der Waals surface area contributed by atoms with Crippen LogP contribution in [-0.2, 0) is 0 Å². The highest BCUT2D eigenvalue weighted by atomic mass is 79.9. The van der Waals surface area contributed by atoms with E-state index in [1.165, 1.54) is 36.8 Å². The van der Waals surface area contributed by atoms with Crippen molar-refractivity contribution in [1.29, 1.82) is 0 Å². The van der Waals surface area contributed by atoms with Gasteiger partial charge in [0.1, 0.15) is 0 Å². The van der Waals surface area contributed by atoms with Crippen molar-refractivity contribution in [1.82, 2.24) is 0 Å². The molecule has 0 saturated heterocycles. The number of hydrogen-bond acceptors (Lipinski definition) is 0. The number of allylic oxidation sites excluding steroid dienone is 1. The molecule has 23 heavy (non-hydrogen) atoms. The lowest BCUT2D eigenvalue weighted by molar-refractivity contribution is 0.365. The van der Waals surface area contributed by atoms with Crippen LogP contribution in [0.4, 0.5) is 0 Å². The number of benzene rings is 2. The summed E-state index contributed by atoms with van der Waals surface area (Å²) in [7, 11) is 0. The molecule has 0 nitrogen and oxygen atoms in total. The van der Waals surface area contributed by atoms with Crippen molar-refractivity contribution in [3.8, 4) is 23.0 Å². The van der Waals surface area contributed by atoms with Gasteiger partial charge in [-0.2, -0.15) is 0 Å². The first-order valence-electron chi connectivity index (χ1n) is 8.24. The summed E-state index contributed by atoms with van der Waals surface area (Å²) in [6, 6.07) is 17.0. The van der Waals surface area contributed by atoms with Gasteiger partial charge >= 0.3 is 0 Å². The van der Waals surface area contributed by atoms with E-state index in [-0.39, 0.29) is 0 Å². The normalized spacial score (nSPS) is 20.4. The monoisotopic (exact) mass is 364 g/mol. The van der Waals surface area contributed by atoms with Crippen LogP contribution in [0.3, 0.4) is 0 Å². The molecule has 0 aliphatic heterocycles. The Kier molecular flexibility index (Phi) is 5.36. The van der Waals surface area contributed by atoms with E-state index in [1.807, 2.05) is 0 Å². The quantitative estimate of drug-likeness (QED) is 0.423. The molecule has 0 radical (unpaired) electrons. The van der Waals surface area contributed by atoms with Gasteiger partial charge in [-0.05, 0) is 67.0 Å². The number of rotatable bonds is 2. The predicted octanol–water partition coefficient (Wildman–Crippen LogP) is 6.46. The zero-order chi connectivity index (χ0) is 16.1. The molecule has 1 saturated carbocycles. The fourth-order valence-electron chi connectivity index (χ4n) is 3.07. The van der Waals surface area contributed by atoms with E-state index in [1.54, 1.807) is 0 Å². The first-order chi connectivity index (χ1) is 11.2. The maximum atomic E-state index is 3.90. The van der Waals surface area contributed by atoms with Crippen molar-refractivity contribution in [3.63, 3.8) is 0 Å². The van der Waals surface area contributed by atoms with E-state index in [9.17, 15) is 0 Å². The highest BCUT2D eigenvalue weighted by Crippen LogP contribution is 2.29. The van der Waals surface area contributed by atoms with E-state index in [2.05, 4.69) is 89.0 Å². The first-order valence-corrected chi connectivity index (χ1v) is 9.04. The second-order valence-corrected chi connectivity index (χ2v) is 7.12. The Labute approximate surface area is 147 Å². The lowest BCUT2D eigenvalue weighted by Crippen LogP contribution is -2.11. The molecule has 1 aliphatic rings. The Morgan fingerprint density at radius 3 is 2.00 bits per heavy atom. The molecule has 116 valence electrons. The Hall–Kier alpha value is -1.78. The molecule has 2 aromatic carbocycles. The third-order valence-corrected chi connectivity index (χ3v) is 5.12. The molecule has 3 rings (SSSR count). The smallest absolute Gasteiger partial charge is 0.0245 e. The van der Waals surface area contributed by atoms with E-state index >= 15 is 0 Å². The summed E-state index contributed by atoms with van der Waals surface area (Å²) >= 11 is 3.47. The molecule has 0 atom stereocenters. The molecular formula is C22H21Br. The molecular weight excluding hydrogens is 344 g/mol. The second-order valence-electron chi connectivity index (χ2n) is 6.20. The molecule has 2 aromatic rings. The van der Waals surface area contributed by atoms with Crippen LogP contribution in [0.5, 0.6) is 0 Å². The Morgan fingerprint density at radius 1 is 0.870 bits per heavy atom. The van der Waals surface area contributed by atoms with Gasteiger partial charge in [0.2, 0.25) is 0 Å². The van der Waals surface area contributed by atoms with Crippen LogP contribution in [0.2, 0.25) is 0 Å². The van der Waals surface area contributed by atoms with Crippen LogP contribution in [0.1, 0.15) is 31.2 Å². The van der Waals surface area contributed by atoms with Gasteiger partial charge in [0.05, 0.1) is 0 Å². The van der Waals surface area contributed by atoms with E-state index in [4.69, 9.17) is 0 Å². The third-order valence-electron chi connectivity index (χ3n) is 4.59. The minimum Gasteiger partial charge on any atom is -0.103 e. The van der Waals surface area contributed by atoms with Crippen molar-refractivity contribution in [2.24, 2.45) is 11.8 Å².